The number of hydrogen-bond acceptors (Lipinski definition) is 2. The largest absolute Gasteiger partial charge is 0.456 e. The maximum atomic E-state index is 6.46. The van der Waals surface area contributed by atoms with E-state index in [9.17, 15) is 0 Å². The van der Waals surface area contributed by atoms with E-state index in [4.69, 9.17) is 8.83 Å². The third-order valence-electron chi connectivity index (χ3n) is 9.45. The summed E-state index contributed by atoms with van der Waals surface area (Å²) >= 11 is 0. The molecule has 0 saturated heterocycles. The highest BCUT2D eigenvalue weighted by atomic mass is 16.3. The van der Waals surface area contributed by atoms with Crippen molar-refractivity contribution in [2.45, 2.75) is 0 Å². The van der Waals surface area contributed by atoms with Crippen molar-refractivity contribution >= 4 is 65.2 Å². The molecule has 0 radical (unpaired) electrons. The molecule has 0 fully saturated rings. The van der Waals surface area contributed by atoms with Crippen LogP contribution in [-0.4, -0.2) is 0 Å². The van der Waals surface area contributed by atoms with Gasteiger partial charge in [0.25, 0.3) is 0 Å². The molecule has 0 atom stereocenters. The van der Waals surface area contributed by atoms with Crippen molar-refractivity contribution < 1.29 is 8.83 Å². The lowest BCUT2D eigenvalue weighted by Gasteiger charge is -2.17. The van der Waals surface area contributed by atoms with Gasteiger partial charge in [-0.2, -0.15) is 0 Å². The van der Waals surface area contributed by atoms with Crippen molar-refractivity contribution in [1.82, 2.24) is 0 Å². The molecule has 0 unspecified atom stereocenters. The fourth-order valence-electron chi connectivity index (χ4n) is 7.35. The Labute approximate surface area is 264 Å². The lowest BCUT2D eigenvalue weighted by molar-refractivity contribution is 0.633. The number of furan rings is 2. The van der Waals surface area contributed by atoms with Crippen LogP contribution in [0.5, 0.6) is 0 Å². The van der Waals surface area contributed by atoms with E-state index in [1.165, 1.54) is 43.4 Å². The van der Waals surface area contributed by atoms with Gasteiger partial charge in [0.1, 0.15) is 22.5 Å². The molecule has 2 aromatic heterocycles. The summed E-state index contributed by atoms with van der Waals surface area (Å²) in [4.78, 5) is 0. The summed E-state index contributed by atoms with van der Waals surface area (Å²) < 4.78 is 12.8. The Balaban J connectivity index is 1.16. The van der Waals surface area contributed by atoms with Gasteiger partial charge in [-0.3, -0.25) is 0 Å². The van der Waals surface area contributed by atoms with Gasteiger partial charge in [-0.25, -0.2) is 0 Å². The van der Waals surface area contributed by atoms with E-state index in [0.717, 1.165) is 55.4 Å². The molecule has 0 saturated carbocycles. The van der Waals surface area contributed by atoms with Crippen LogP contribution in [0.15, 0.2) is 167 Å². The number of para-hydroxylation sites is 3. The molecule has 0 amide bonds. The van der Waals surface area contributed by atoms with Crippen LogP contribution in [0.1, 0.15) is 0 Å². The highest BCUT2D eigenvalue weighted by Gasteiger charge is 2.19. The fraction of sp³-hybridized carbons (Fsp3) is 0. The molecule has 10 rings (SSSR count). The average Bonchev–Trinajstić information content (AvgIpc) is 3.72. The molecule has 2 heterocycles. The van der Waals surface area contributed by atoms with E-state index in [1.807, 2.05) is 24.3 Å². The molecule has 0 N–H and O–H groups in total. The van der Waals surface area contributed by atoms with Crippen molar-refractivity contribution in [3.05, 3.63) is 158 Å². The lowest BCUT2D eigenvalue weighted by atomic mass is 9.87. The second-order valence-corrected chi connectivity index (χ2v) is 12.0. The van der Waals surface area contributed by atoms with Gasteiger partial charge in [-0.15, -0.1) is 0 Å². The Morgan fingerprint density at radius 1 is 0.326 bits per heavy atom. The van der Waals surface area contributed by atoms with Crippen LogP contribution in [0.4, 0.5) is 0 Å². The van der Waals surface area contributed by atoms with Crippen molar-refractivity contribution in [3.8, 4) is 33.6 Å². The van der Waals surface area contributed by atoms with Crippen LogP contribution in [0.2, 0.25) is 0 Å². The number of benzene rings is 8. The van der Waals surface area contributed by atoms with Gasteiger partial charge in [-0.1, -0.05) is 127 Å². The van der Waals surface area contributed by atoms with Crippen molar-refractivity contribution in [1.29, 1.82) is 0 Å². The first kappa shape index (κ1) is 25.2. The maximum absolute atomic E-state index is 6.46. The summed E-state index contributed by atoms with van der Waals surface area (Å²) in [5.74, 6) is 0.894. The topological polar surface area (TPSA) is 26.3 Å². The minimum Gasteiger partial charge on any atom is -0.456 e. The smallest absolute Gasteiger partial charge is 0.143 e. The molecule has 0 aliphatic heterocycles. The predicted molar refractivity (Wildman–Crippen MR) is 192 cm³/mol. The van der Waals surface area contributed by atoms with Crippen molar-refractivity contribution in [2.24, 2.45) is 0 Å². The Morgan fingerprint density at radius 3 is 1.61 bits per heavy atom. The second-order valence-electron chi connectivity index (χ2n) is 12.0. The molecule has 0 spiro atoms. The number of rotatable bonds is 3. The molecular weight excluding hydrogens is 560 g/mol. The zero-order valence-electron chi connectivity index (χ0n) is 24.8. The maximum Gasteiger partial charge on any atom is 0.143 e. The van der Waals surface area contributed by atoms with E-state index in [2.05, 4.69) is 133 Å². The Hall–Kier alpha value is -6.12. The van der Waals surface area contributed by atoms with E-state index in [1.54, 1.807) is 0 Å². The van der Waals surface area contributed by atoms with E-state index in [0.29, 0.717) is 0 Å². The molecule has 2 nitrogen and oxygen atoms in total. The average molecular weight is 587 g/mol. The first-order valence-electron chi connectivity index (χ1n) is 15.7. The van der Waals surface area contributed by atoms with Crippen molar-refractivity contribution in [2.75, 3.05) is 0 Å². The fourth-order valence-corrected chi connectivity index (χ4v) is 7.35. The number of fused-ring (bicyclic) bond motifs is 7. The third kappa shape index (κ3) is 3.71. The quantitative estimate of drug-likeness (QED) is 0.193. The summed E-state index contributed by atoms with van der Waals surface area (Å²) in [6, 6.07) is 56.1. The minimum atomic E-state index is 0.894. The van der Waals surface area contributed by atoms with Crippen LogP contribution in [-0.2, 0) is 0 Å². The normalized spacial score (nSPS) is 11.9. The predicted octanol–water partition coefficient (Wildman–Crippen LogP) is 12.8. The van der Waals surface area contributed by atoms with Crippen LogP contribution in [0.3, 0.4) is 0 Å². The minimum absolute atomic E-state index is 0.894. The van der Waals surface area contributed by atoms with Crippen LogP contribution < -0.4 is 0 Å². The Morgan fingerprint density at radius 2 is 0.891 bits per heavy atom. The molecule has 0 aliphatic rings. The Kier molecular flexibility index (Phi) is 5.31. The lowest BCUT2D eigenvalue weighted by Crippen LogP contribution is -1.90. The molecule has 10 aromatic rings. The van der Waals surface area contributed by atoms with Crippen LogP contribution in [0, 0.1) is 0 Å². The summed E-state index contributed by atoms with van der Waals surface area (Å²) in [6.45, 7) is 0. The van der Waals surface area contributed by atoms with Gasteiger partial charge in [0.15, 0.2) is 0 Å². The van der Waals surface area contributed by atoms with E-state index >= 15 is 0 Å². The standard InChI is InChI=1S/C44H26O2/c1-7-18-39-30(10-1)26-41(45-39)43-36-14-4-2-12-34(36)42(35-13-3-5-15-37(35)43)31-23-21-27-24-29(22-20-28(27)25-31)32-16-9-17-38-33-11-6-8-19-40(33)46-44(32)38/h1-26H. The summed E-state index contributed by atoms with van der Waals surface area (Å²) in [5, 5.41) is 10.6. The molecule has 46 heavy (non-hydrogen) atoms. The zero-order chi connectivity index (χ0) is 30.2. The molecule has 0 bridgehead atoms. The van der Waals surface area contributed by atoms with Gasteiger partial charge in [0, 0.05) is 27.3 Å². The van der Waals surface area contributed by atoms with Gasteiger partial charge in [0.2, 0.25) is 0 Å². The van der Waals surface area contributed by atoms with E-state index < -0.39 is 0 Å². The SMILES string of the molecule is c1ccc2oc(-c3c4ccccc4c(-c4ccc5cc(-c6cccc7c6oc6ccccc67)ccc5c4)c4ccccc34)cc2c1. The first-order valence-corrected chi connectivity index (χ1v) is 15.7. The first-order chi connectivity index (χ1) is 22.8. The molecule has 214 valence electrons. The monoisotopic (exact) mass is 586 g/mol. The summed E-state index contributed by atoms with van der Waals surface area (Å²) in [5.41, 5.74) is 8.58. The van der Waals surface area contributed by atoms with Gasteiger partial charge >= 0.3 is 0 Å². The molecule has 2 heteroatoms. The Bertz CT molecular complexity index is 2720. The second kappa shape index (κ2) is 9.69. The molecular formula is C44H26O2. The third-order valence-corrected chi connectivity index (χ3v) is 9.45. The van der Waals surface area contributed by atoms with Crippen molar-refractivity contribution in [3.63, 3.8) is 0 Å². The van der Waals surface area contributed by atoms with Crippen LogP contribution in [0.25, 0.3) is 98.8 Å². The van der Waals surface area contributed by atoms with Gasteiger partial charge in [-0.05, 0) is 79.3 Å². The highest BCUT2D eigenvalue weighted by molar-refractivity contribution is 6.21. The molecule has 8 aromatic carbocycles. The summed E-state index contributed by atoms with van der Waals surface area (Å²) in [7, 11) is 0. The van der Waals surface area contributed by atoms with Gasteiger partial charge < -0.3 is 8.83 Å². The van der Waals surface area contributed by atoms with E-state index in [-0.39, 0.29) is 0 Å². The van der Waals surface area contributed by atoms with Crippen LogP contribution >= 0.6 is 0 Å². The molecule has 0 aliphatic carbocycles. The highest BCUT2D eigenvalue weighted by Crippen LogP contribution is 2.45. The van der Waals surface area contributed by atoms with Gasteiger partial charge in [0.05, 0.1) is 0 Å². The zero-order valence-corrected chi connectivity index (χ0v) is 24.8. The number of hydrogen-bond donors (Lipinski definition) is 0. The summed E-state index contributed by atoms with van der Waals surface area (Å²) in [6.07, 6.45) is 0.